The first-order valence-electron chi connectivity index (χ1n) is 14.0. The number of nitrogens with zero attached hydrogens (tertiary/aromatic N) is 2. The Morgan fingerprint density at radius 2 is 1.61 bits per heavy atom. The molecule has 2 aromatic carbocycles. The van der Waals surface area contributed by atoms with E-state index in [-0.39, 0.29) is 17.5 Å². The van der Waals surface area contributed by atoms with Gasteiger partial charge in [-0.1, -0.05) is 48.0 Å². The number of para-hydroxylation sites is 1. The van der Waals surface area contributed by atoms with Crippen LogP contribution in [0.5, 0.6) is 0 Å². The third-order valence-corrected chi connectivity index (χ3v) is 8.38. The summed E-state index contributed by atoms with van der Waals surface area (Å²) in [6, 6.07) is 17.1. The van der Waals surface area contributed by atoms with Crippen molar-refractivity contribution in [1.82, 2.24) is 9.47 Å². The molecule has 0 atom stereocenters. The number of Topliss-reactive ketones (excluding diaryl/α,β-unsaturated/α-hetero) is 2. The van der Waals surface area contributed by atoms with E-state index in [9.17, 15) is 9.59 Å². The van der Waals surface area contributed by atoms with Gasteiger partial charge in [-0.3, -0.25) is 9.59 Å². The molecule has 0 amide bonds. The van der Waals surface area contributed by atoms with E-state index < -0.39 is 0 Å². The van der Waals surface area contributed by atoms with E-state index in [2.05, 4.69) is 71.1 Å². The molecule has 3 aromatic rings. The predicted octanol–water partition coefficient (Wildman–Crippen LogP) is 6.45. The number of fused-ring (bicyclic) bond motifs is 1. The number of carbonyl (C=O) groups excluding carboxylic acids is 2. The highest BCUT2D eigenvalue weighted by molar-refractivity contribution is 6.07. The number of ketones is 2. The molecule has 38 heavy (non-hydrogen) atoms. The number of aryl methyl sites for hydroxylation is 1. The van der Waals surface area contributed by atoms with Crippen molar-refractivity contribution in [2.45, 2.75) is 64.3 Å². The van der Waals surface area contributed by atoms with E-state index in [1.165, 1.54) is 11.1 Å². The Kier molecular flexibility index (Phi) is 6.79. The van der Waals surface area contributed by atoms with Crippen LogP contribution in [-0.4, -0.2) is 41.3 Å². The minimum absolute atomic E-state index is 0.202. The third kappa shape index (κ3) is 4.33. The van der Waals surface area contributed by atoms with Gasteiger partial charge in [0.2, 0.25) is 0 Å². The molecule has 0 bridgehead atoms. The number of benzene rings is 2. The highest BCUT2D eigenvalue weighted by Crippen LogP contribution is 2.50. The van der Waals surface area contributed by atoms with Crippen molar-refractivity contribution in [3.05, 3.63) is 94.0 Å². The van der Waals surface area contributed by atoms with Crippen LogP contribution in [0.2, 0.25) is 0 Å². The van der Waals surface area contributed by atoms with E-state index in [0.29, 0.717) is 19.4 Å². The maximum Gasteiger partial charge on any atom is 0.161 e. The molecule has 0 saturated carbocycles. The second-order valence-corrected chi connectivity index (χ2v) is 10.9. The first kappa shape index (κ1) is 24.9. The van der Waals surface area contributed by atoms with E-state index in [1.807, 2.05) is 0 Å². The topological polar surface area (TPSA) is 51.5 Å². The molecule has 1 aliphatic heterocycles. The number of ether oxygens (including phenoxy) is 1. The van der Waals surface area contributed by atoms with Crippen molar-refractivity contribution in [1.29, 1.82) is 0 Å². The smallest absolute Gasteiger partial charge is 0.161 e. The van der Waals surface area contributed by atoms with Crippen molar-refractivity contribution in [3.8, 4) is 0 Å². The fourth-order valence-corrected chi connectivity index (χ4v) is 6.81. The first-order chi connectivity index (χ1) is 18.6. The minimum Gasteiger partial charge on any atom is -0.385 e. The number of aromatic nitrogens is 1. The molecule has 1 aromatic heterocycles. The lowest BCUT2D eigenvalue weighted by Crippen LogP contribution is -2.39. The Hall–Kier alpha value is -3.44. The summed E-state index contributed by atoms with van der Waals surface area (Å²) >= 11 is 0. The molecule has 6 rings (SSSR count). The lowest BCUT2D eigenvalue weighted by Gasteiger charge is -2.44. The quantitative estimate of drug-likeness (QED) is 0.344. The van der Waals surface area contributed by atoms with Crippen molar-refractivity contribution in [3.63, 3.8) is 0 Å². The summed E-state index contributed by atoms with van der Waals surface area (Å²) in [5.74, 6) is 0.116. The van der Waals surface area contributed by atoms with Gasteiger partial charge in [0, 0.05) is 85.2 Å². The van der Waals surface area contributed by atoms with Gasteiger partial charge < -0.3 is 14.2 Å². The van der Waals surface area contributed by atoms with Gasteiger partial charge in [-0.05, 0) is 56.2 Å². The molecule has 0 spiro atoms. The first-order valence-corrected chi connectivity index (χ1v) is 14.0. The van der Waals surface area contributed by atoms with Crippen LogP contribution in [-0.2, 0) is 20.9 Å². The SMILES string of the molecule is COCCCN1C2=C(C(=O)CCC2)C(c2cn(Cc3cccc(C)c3)c3ccccc23)C2=C1CCCC2=O. The molecule has 0 fully saturated rings. The van der Waals surface area contributed by atoms with Crippen LogP contribution >= 0.6 is 0 Å². The standard InChI is InChI=1S/C33H36N2O3/c1-22-9-5-10-23(19-22)20-34-21-25(24-11-3-4-12-26(24)34)31-32-27(13-6-15-29(32)36)35(17-8-18-38-2)28-14-7-16-30(37)33(28)31/h3-5,9-12,19,21,31H,6-8,13-18,20H2,1-2H3. The average Bonchev–Trinajstić information content (AvgIpc) is 3.27. The maximum atomic E-state index is 13.7. The van der Waals surface area contributed by atoms with Crippen molar-refractivity contribution >= 4 is 22.5 Å². The van der Waals surface area contributed by atoms with Gasteiger partial charge in [0.25, 0.3) is 0 Å². The van der Waals surface area contributed by atoms with Crippen LogP contribution in [0.15, 0.2) is 77.3 Å². The summed E-state index contributed by atoms with van der Waals surface area (Å²) in [6.07, 6.45) is 7.72. The van der Waals surface area contributed by atoms with E-state index in [0.717, 1.165) is 84.2 Å². The molecule has 5 nitrogen and oxygen atoms in total. The van der Waals surface area contributed by atoms with Crippen LogP contribution in [0, 0.1) is 6.92 Å². The highest BCUT2D eigenvalue weighted by Gasteiger charge is 2.44. The van der Waals surface area contributed by atoms with Crippen molar-refractivity contribution < 1.29 is 14.3 Å². The lowest BCUT2D eigenvalue weighted by atomic mass is 9.71. The second kappa shape index (κ2) is 10.4. The zero-order valence-electron chi connectivity index (χ0n) is 22.5. The second-order valence-electron chi connectivity index (χ2n) is 10.9. The minimum atomic E-state index is -0.289. The van der Waals surface area contributed by atoms with Crippen molar-refractivity contribution in [2.75, 3.05) is 20.3 Å². The Labute approximate surface area is 224 Å². The molecule has 5 heteroatoms. The predicted molar refractivity (Wildman–Crippen MR) is 150 cm³/mol. The van der Waals surface area contributed by atoms with Gasteiger partial charge in [-0.25, -0.2) is 0 Å². The Morgan fingerprint density at radius 1 is 0.895 bits per heavy atom. The molecule has 0 saturated heterocycles. The number of allylic oxidation sites excluding steroid dienone is 4. The summed E-state index contributed by atoms with van der Waals surface area (Å²) in [7, 11) is 1.72. The van der Waals surface area contributed by atoms with Gasteiger partial charge in [-0.15, -0.1) is 0 Å². The molecular formula is C33H36N2O3. The van der Waals surface area contributed by atoms with Crippen molar-refractivity contribution in [2.24, 2.45) is 0 Å². The lowest BCUT2D eigenvalue weighted by molar-refractivity contribution is -0.117. The van der Waals surface area contributed by atoms with Crippen LogP contribution in [0.25, 0.3) is 10.9 Å². The van der Waals surface area contributed by atoms with E-state index in [1.54, 1.807) is 7.11 Å². The number of hydrogen-bond acceptors (Lipinski definition) is 4. The molecule has 0 radical (unpaired) electrons. The number of methoxy groups -OCH3 is 1. The van der Waals surface area contributed by atoms with Crippen LogP contribution in [0.1, 0.15) is 67.6 Å². The van der Waals surface area contributed by atoms with Gasteiger partial charge in [0.1, 0.15) is 0 Å². The molecule has 3 aliphatic rings. The molecule has 2 aliphatic carbocycles. The Balaban J connectivity index is 1.53. The maximum absolute atomic E-state index is 13.7. The van der Waals surface area contributed by atoms with Crippen LogP contribution in [0.4, 0.5) is 0 Å². The fourth-order valence-electron chi connectivity index (χ4n) is 6.81. The highest BCUT2D eigenvalue weighted by atomic mass is 16.5. The molecule has 0 N–H and O–H groups in total. The summed E-state index contributed by atoms with van der Waals surface area (Å²) in [4.78, 5) is 29.7. The summed E-state index contributed by atoms with van der Waals surface area (Å²) in [5, 5.41) is 1.13. The number of rotatable bonds is 7. The third-order valence-electron chi connectivity index (χ3n) is 8.38. The van der Waals surface area contributed by atoms with Crippen LogP contribution in [0.3, 0.4) is 0 Å². The fraction of sp³-hybridized carbons (Fsp3) is 0.394. The zero-order valence-corrected chi connectivity index (χ0v) is 22.5. The number of hydrogen-bond donors (Lipinski definition) is 0. The normalized spacial score (nSPS) is 18.4. The Morgan fingerprint density at radius 3 is 2.29 bits per heavy atom. The molecule has 0 unspecified atom stereocenters. The van der Waals surface area contributed by atoms with E-state index in [4.69, 9.17) is 4.74 Å². The monoisotopic (exact) mass is 508 g/mol. The van der Waals surface area contributed by atoms with Gasteiger partial charge in [-0.2, -0.15) is 0 Å². The summed E-state index contributed by atoms with van der Waals surface area (Å²) in [6.45, 7) is 4.32. The molecule has 2 heterocycles. The molecular weight excluding hydrogens is 472 g/mol. The van der Waals surface area contributed by atoms with E-state index >= 15 is 0 Å². The molecule has 196 valence electrons. The van der Waals surface area contributed by atoms with Crippen LogP contribution < -0.4 is 0 Å². The van der Waals surface area contributed by atoms with Gasteiger partial charge in [0.15, 0.2) is 11.6 Å². The Bertz CT molecular complexity index is 1430. The largest absolute Gasteiger partial charge is 0.385 e. The zero-order chi connectivity index (χ0) is 26.2. The average molecular weight is 509 g/mol. The summed E-state index contributed by atoms with van der Waals surface area (Å²) in [5.41, 5.74) is 8.73. The van der Waals surface area contributed by atoms with Gasteiger partial charge in [0.05, 0.1) is 0 Å². The number of carbonyl (C=O) groups is 2. The van der Waals surface area contributed by atoms with Gasteiger partial charge >= 0.3 is 0 Å². The summed E-state index contributed by atoms with van der Waals surface area (Å²) < 4.78 is 7.65.